The van der Waals surface area contributed by atoms with Crippen molar-refractivity contribution >= 4 is 37.4 Å². The van der Waals surface area contributed by atoms with Crippen LogP contribution in [0.4, 0.5) is 0 Å². The zero-order valence-electron chi connectivity index (χ0n) is 6.90. The molecule has 1 aromatic carbocycles. The largest absolute Gasteiger partial charge is 0.0944 e. The molecule has 64 valence electrons. The van der Waals surface area contributed by atoms with Gasteiger partial charge >= 0.3 is 0 Å². The van der Waals surface area contributed by atoms with Crippen LogP contribution in [0.3, 0.4) is 0 Å². The molecule has 0 aliphatic rings. The summed E-state index contributed by atoms with van der Waals surface area (Å²) in [5, 5.41) is 0.827. The number of alkyl halides is 1. The van der Waals surface area contributed by atoms with Crippen LogP contribution in [0, 0.1) is 6.92 Å². The third-order valence-electron chi connectivity index (χ3n) is 1.73. The fourth-order valence-corrected chi connectivity index (χ4v) is 1.51. The second kappa shape index (κ2) is 4.24. The van der Waals surface area contributed by atoms with Gasteiger partial charge in [0.1, 0.15) is 0 Å². The number of allylic oxidation sites excluding steroid dienone is 1. The van der Waals surface area contributed by atoms with Gasteiger partial charge in [-0.1, -0.05) is 50.6 Å². The Labute approximate surface area is 89.9 Å². The lowest BCUT2D eigenvalue weighted by Gasteiger charge is -2.04. The molecule has 0 unspecified atom stereocenters. The Kier molecular flexibility index (Phi) is 3.53. The summed E-state index contributed by atoms with van der Waals surface area (Å²) in [6, 6.07) is 6.26. The molecule has 0 spiro atoms. The van der Waals surface area contributed by atoms with Crippen molar-refractivity contribution in [2.45, 2.75) is 6.92 Å². The number of rotatable bonds is 2. The summed E-state index contributed by atoms with van der Waals surface area (Å²) in [6.07, 6.45) is 0. The van der Waals surface area contributed by atoms with Crippen molar-refractivity contribution in [3.05, 3.63) is 40.4 Å². The number of hydrogen-bond donors (Lipinski definition) is 0. The molecule has 0 N–H and O–H groups in total. The van der Waals surface area contributed by atoms with Gasteiger partial charge in [-0.05, 0) is 29.7 Å². The lowest BCUT2D eigenvalue weighted by molar-refractivity contribution is 1.41. The van der Waals surface area contributed by atoms with Gasteiger partial charge in [0, 0.05) is 9.80 Å². The first-order chi connectivity index (χ1) is 5.65. The standard InChI is InChI=1S/C10H10Br2/c1-7-5-9(8(2)6-11)3-4-10(7)12/h3-5H,2,6H2,1H3. The van der Waals surface area contributed by atoms with Crippen LogP contribution in [-0.4, -0.2) is 5.33 Å². The van der Waals surface area contributed by atoms with E-state index in [0.717, 1.165) is 15.4 Å². The first-order valence-electron chi connectivity index (χ1n) is 3.65. The average Bonchev–Trinajstić information content (AvgIpc) is 2.08. The molecular weight excluding hydrogens is 280 g/mol. The highest BCUT2D eigenvalue weighted by Crippen LogP contribution is 2.21. The molecule has 0 saturated heterocycles. The first-order valence-corrected chi connectivity index (χ1v) is 5.57. The second-order valence-corrected chi connectivity index (χ2v) is 4.12. The Morgan fingerprint density at radius 1 is 1.50 bits per heavy atom. The molecule has 2 heteroatoms. The van der Waals surface area contributed by atoms with E-state index in [1.807, 2.05) is 0 Å². The molecule has 1 rings (SSSR count). The van der Waals surface area contributed by atoms with Crippen LogP contribution in [0.5, 0.6) is 0 Å². The van der Waals surface area contributed by atoms with E-state index >= 15 is 0 Å². The molecule has 0 bridgehead atoms. The van der Waals surface area contributed by atoms with E-state index in [0.29, 0.717) is 0 Å². The zero-order chi connectivity index (χ0) is 9.14. The molecule has 0 aliphatic carbocycles. The third kappa shape index (κ3) is 2.20. The summed E-state index contributed by atoms with van der Waals surface area (Å²) in [5.41, 5.74) is 3.56. The van der Waals surface area contributed by atoms with Gasteiger partial charge in [-0.2, -0.15) is 0 Å². The minimum Gasteiger partial charge on any atom is -0.0944 e. The lowest BCUT2D eigenvalue weighted by Crippen LogP contribution is -1.85. The number of aryl methyl sites for hydroxylation is 1. The summed E-state index contributed by atoms with van der Waals surface area (Å²) in [7, 11) is 0. The van der Waals surface area contributed by atoms with E-state index in [4.69, 9.17) is 0 Å². The first kappa shape index (κ1) is 10.0. The maximum Gasteiger partial charge on any atom is 0.0283 e. The summed E-state index contributed by atoms with van der Waals surface area (Å²) >= 11 is 6.84. The van der Waals surface area contributed by atoms with E-state index in [9.17, 15) is 0 Å². The van der Waals surface area contributed by atoms with Crippen LogP contribution < -0.4 is 0 Å². The van der Waals surface area contributed by atoms with Crippen LogP contribution in [0.15, 0.2) is 29.3 Å². The zero-order valence-corrected chi connectivity index (χ0v) is 10.1. The number of hydrogen-bond acceptors (Lipinski definition) is 0. The van der Waals surface area contributed by atoms with E-state index < -0.39 is 0 Å². The summed E-state index contributed by atoms with van der Waals surface area (Å²) in [5.74, 6) is 0. The fraction of sp³-hybridized carbons (Fsp3) is 0.200. The van der Waals surface area contributed by atoms with Gasteiger partial charge in [-0.3, -0.25) is 0 Å². The van der Waals surface area contributed by atoms with Crippen molar-refractivity contribution in [2.24, 2.45) is 0 Å². The number of halogens is 2. The van der Waals surface area contributed by atoms with Gasteiger partial charge in [-0.15, -0.1) is 0 Å². The summed E-state index contributed by atoms with van der Waals surface area (Å²) in [6.45, 7) is 6.03. The maximum absolute atomic E-state index is 3.95. The second-order valence-electron chi connectivity index (χ2n) is 2.70. The highest BCUT2D eigenvalue weighted by atomic mass is 79.9. The Morgan fingerprint density at radius 3 is 2.67 bits per heavy atom. The van der Waals surface area contributed by atoms with Crippen LogP contribution in [0.2, 0.25) is 0 Å². The summed E-state index contributed by atoms with van der Waals surface area (Å²) in [4.78, 5) is 0. The Balaban J connectivity index is 3.05. The normalized spacial score (nSPS) is 9.92. The van der Waals surface area contributed by atoms with Gasteiger partial charge in [0.2, 0.25) is 0 Å². The van der Waals surface area contributed by atoms with Crippen molar-refractivity contribution in [1.29, 1.82) is 0 Å². The van der Waals surface area contributed by atoms with Crippen LogP contribution in [0.1, 0.15) is 11.1 Å². The molecule has 0 saturated carbocycles. The van der Waals surface area contributed by atoms with Gasteiger partial charge in [-0.25, -0.2) is 0 Å². The lowest BCUT2D eigenvalue weighted by atomic mass is 10.1. The quantitative estimate of drug-likeness (QED) is 0.717. The average molecular weight is 290 g/mol. The fourth-order valence-electron chi connectivity index (χ4n) is 0.942. The molecule has 12 heavy (non-hydrogen) atoms. The van der Waals surface area contributed by atoms with Gasteiger partial charge in [0.15, 0.2) is 0 Å². The predicted octanol–water partition coefficient (Wildman–Crippen LogP) is 4.17. The van der Waals surface area contributed by atoms with E-state index in [2.05, 4.69) is 63.6 Å². The Bertz CT molecular complexity index is 303. The molecule has 0 heterocycles. The summed E-state index contributed by atoms with van der Waals surface area (Å²) < 4.78 is 1.15. The highest BCUT2D eigenvalue weighted by Gasteiger charge is 1.99. The molecule has 0 atom stereocenters. The monoisotopic (exact) mass is 288 g/mol. The minimum absolute atomic E-state index is 0.827. The molecule has 0 aliphatic heterocycles. The van der Waals surface area contributed by atoms with Gasteiger partial charge < -0.3 is 0 Å². The number of benzene rings is 1. The molecule has 0 amide bonds. The molecule has 0 radical (unpaired) electrons. The van der Waals surface area contributed by atoms with Crippen LogP contribution in [-0.2, 0) is 0 Å². The van der Waals surface area contributed by atoms with E-state index in [-0.39, 0.29) is 0 Å². The van der Waals surface area contributed by atoms with E-state index in [1.165, 1.54) is 11.1 Å². The smallest absolute Gasteiger partial charge is 0.0283 e. The SMILES string of the molecule is C=C(CBr)c1ccc(Br)c(C)c1. The van der Waals surface area contributed by atoms with Crippen molar-refractivity contribution < 1.29 is 0 Å². The van der Waals surface area contributed by atoms with Crippen molar-refractivity contribution in [2.75, 3.05) is 5.33 Å². The molecule has 1 aromatic rings. The minimum atomic E-state index is 0.827. The molecular formula is C10H10Br2. The van der Waals surface area contributed by atoms with Crippen molar-refractivity contribution in [1.82, 2.24) is 0 Å². The Morgan fingerprint density at radius 2 is 2.17 bits per heavy atom. The van der Waals surface area contributed by atoms with Gasteiger partial charge in [0.05, 0.1) is 0 Å². The molecule has 0 fully saturated rings. The molecule has 0 aromatic heterocycles. The Hall–Kier alpha value is -0.0800. The van der Waals surface area contributed by atoms with Gasteiger partial charge in [0.25, 0.3) is 0 Å². The van der Waals surface area contributed by atoms with Crippen molar-refractivity contribution in [3.63, 3.8) is 0 Å². The topological polar surface area (TPSA) is 0 Å². The predicted molar refractivity (Wildman–Crippen MR) is 61.7 cm³/mol. The third-order valence-corrected chi connectivity index (χ3v) is 3.29. The highest BCUT2D eigenvalue weighted by molar-refractivity contribution is 9.10. The van der Waals surface area contributed by atoms with Crippen molar-refractivity contribution in [3.8, 4) is 0 Å². The van der Waals surface area contributed by atoms with E-state index in [1.54, 1.807) is 0 Å². The maximum atomic E-state index is 3.95. The van der Waals surface area contributed by atoms with Crippen LogP contribution in [0.25, 0.3) is 5.57 Å². The van der Waals surface area contributed by atoms with Crippen LogP contribution >= 0.6 is 31.9 Å². The molecule has 0 nitrogen and oxygen atoms in total.